The molecule has 0 bridgehead atoms. The molecule has 1 fully saturated rings. The number of hydrogen-bond acceptors (Lipinski definition) is 2. The summed E-state index contributed by atoms with van der Waals surface area (Å²) in [7, 11) is 1.99. The third kappa shape index (κ3) is 1.43. The van der Waals surface area contributed by atoms with Crippen molar-refractivity contribution in [3.05, 3.63) is 0 Å². The smallest absolute Gasteiger partial charge is 0.0806 e. The molecule has 1 aliphatic heterocycles. The predicted molar refractivity (Wildman–Crippen MR) is 37.0 cm³/mol. The van der Waals surface area contributed by atoms with Crippen LogP contribution in [-0.2, 0) is 4.84 Å². The highest BCUT2D eigenvalue weighted by Gasteiger charge is 2.26. The molecule has 0 saturated carbocycles. The zero-order valence-electron chi connectivity index (χ0n) is 6.42. The van der Waals surface area contributed by atoms with Crippen molar-refractivity contribution in [2.75, 3.05) is 13.6 Å². The van der Waals surface area contributed by atoms with Crippen LogP contribution in [0.2, 0.25) is 0 Å². The van der Waals surface area contributed by atoms with E-state index in [0.717, 1.165) is 12.5 Å². The lowest BCUT2D eigenvalue weighted by atomic mass is 10.0. The fraction of sp³-hybridized carbons (Fsp3) is 1.00. The van der Waals surface area contributed by atoms with Crippen molar-refractivity contribution in [2.45, 2.75) is 26.4 Å². The van der Waals surface area contributed by atoms with Gasteiger partial charge in [-0.3, -0.25) is 4.84 Å². The van der Waals surface area contributed by atoms with E-state index in [0.29, 0.717) is 6.10 Å². The van der Waals surface area contributed by atoms with Crippen LogP contribution in [-0.4, -0.2) is 24.8 Å². The van der Waals surface area contributed by atoms with Gasteiger partial charge in [-0.1, -0.05) is 6.92 Å². The van der Waals surface area contributed by atoms with Crippen molar-refractivity contribution >= 4 is 0 Å². The van der Waals surface area contributed by atoms with Crippen molar-refractivity contribution in [1.29, 1.82) is 0 Å². The second-order valence-corrected chi connectivity index (χ2v) is 2.79. The number of hydroxylamine groups is 2. The standard InChI is InChI=1S/C7H15NO/c1-4-7-5-8(3)9-6(7)2/h6-7H,4-5H2,1-3H3/t6-,7+/m1/s1. The summed E-state index contributed by atoms with van der Waals surface area (Å²) in [5.74, 6) is 0.745. The van der Waals surface area contributed by atoms with E-state index in [1.165, 1.54) is 6.42 Å². The lowest BCUT2D eigenvalue weighted by Gasteiger charge is -2.07. The Hall–Kier alpha value is -0.0800. The van der Waals surface area contributed by atoms with Crippen molar-refractivity contribution in [3.8, 4) is 0 Å². The lowest BCUT2D eigenvalue weighted by molar-refractivity contribution is -0.122. The van der Waals surface area contributed by atoms with E-state index in [2.05, 4.69) is 13.8 Å². The van der Waals surface area contributed by atoms with Crippen LogP contribution in [0.4, 0.5) is 0 Å². The zero-order chi connectivity index (χ0) is 6.85. The molecular weight excluding hydrogens is 114 g/mol. The molecule has 0 unspecified atom stereocenters. The summed E-state index contributed by atoms with van der Waals surface area (Å²) in [5, 5.41) is 1.93. The summed E-state index contributed by atoms with van der Waals surface area (Å²) >= 11 is 0. The van der Waals surface area contributed by atoms with Crippen LogP contribution in [0.5, 0.6) is 0 Å². The largest absolute Gasteiger partial charge is 0.296 e. The third-order valence-corrected chi connectivity index (χ3v) is 2.03. The lowest BCUT2D eigenvalue weighted by Crippen LogP contribution is -2.12. The fourth-order valence-electron chi connectivity index (χ4n) is 1.35. The summed E-state index contributed by atoms with van der Waals surface area (Å²) in [4.78, 5) is 5.40. The minimum Gasteiger partial charge on any atom is -0.296 e. The molecule has 9 heavy (non-hydrogen) atoms. The van der Waals surface area contributed by atoms with Gasteiger partial charge in [-0.25, -0.2) is 0 Å². The van der Waals surface area contributed by atoms with Gasteiger partial charge in [-0.15, -0.1) is 0 Å². The van der Waals surface area contributed by atoms with Gasteiger partial charge >= 0.3 is 0 Å². The molecule has 2 heteroatoms. The normalized spacial score (nSPS) is 37.7. The average Bonchev–Trinajstić information content (AvgIpc) is 2.10. The molecule has 2 atom stereocenters. The van der Waals surface area contributed by atoms with Crippen LogP contribution < -0.4 is 0 Å². The van der Waals surface area contributed by atoms with Crippen molar-refractivity contribution in [2.24, 2.45) is 5.92 Å². The van der Waals surface area contributed by atoms with Gasteiger partial charge in [-0.2, -0.15) is 5.06 Å². The van der Waals surface area contributed by atoms with E-state index < -0.39 is 0 Å². The first-order valence-corrected chi connectivity index (χ1v) is 3.62. The first kappa shape index (κ1) is 7.03. The van der Waals surface area contributed by atoms with Crippen LogP contribution in [0.15, 0.2) is 0 Å². The van der Waals surface area contributed by atoms with Gasteiger partial charge in [0.1, 0.15) is 0 Å². The molecule has 0 aromatic rings. The van der Waals surface area contributed by atoms with Gasteiger partial charge in [0.25, 0.3) is 0 Å². The summed E-state index contributed by atoms with van der Waals surface area (Å²) in [6, 6.07) is 0. The molecule has 2 nitrogen and oxygen atoms in total. The average molecular weight is 129 g/mol. The highest BCUT2D eigenvalue weighted by Crippen LogP contribution is 2.20. The second-order valence-electron chi connectivity index (χ2n) is 2.79. The molecule has 0 radical (unpaired) electrons. The van der Waals surface area contributed by atoms with E-state index in [1.54, 1.807) is 0 Å². The van der Waals surface area contributed by atoms with E-state index in [-0.39, 0.29) is 0 Å². The summed E-state index contributed by atoms with van der Waals surface area (Å²) in [5.41, 5.74) is 0. The van der Waals surface area contributed by atoms with Gasteiger partial charge in [0.15, 0.2) is 0 Å². The molecule has 1 saturated heterocycles. The molecule has 54 valence electrons. The Labute approximate surface area is 56.8 Å². The third-order valence-electron chi connectivity index (χ3n) is 2.03. The number of rotatable bonds is 1. The van der Waals surface area contributed by atoms with E-state index in [1.807, 2.05) is 12.1 Å². The Morgan fingerprint density at radius 1 is 1.67 bits per heavy atom. The fourth-order valence-corrected chi connectivity index (χ4v) is 1.35. The Balaban J connectivity index is 2.38. The van der Waals surface area contributed by atoms with Crippen LogP contribution in [0, 0.1) is 5.92 Å². The van der Waals surface area contributed by atoms with Crippen LogP contribution in [0.3, 0.4) is 0 Å². The molecule has 1 aliphatic rings. The summed E-state index contributed by atoms with van der Waals surface area (Å²) in [6.45, 7) is 5.44. The molecule has 0 N–H and O–H groups in total. The van der Waals surface area contributed by atoms with Gasteiger partial charge in [0.2, 0.25) is 0 Å². The summed E-state index contributed by atoms with van der Waals surface area (Å²) in [6.07, 6.45) is 1.66. The van der Waals surface area contributed by atoms with Crippen LogP contribution in [0.1, 0.15) is 20.3 Å². The maximum absolute atomic E-state index is 5.40. The summed E-state index contributed by atoms with van der Waals surface area (Å²) < 4.78 is 0. The number of hydrogen-bond donors (Lipinski definition) is 0. The zero-order valence-corrected chi connectivity index (χ0v) is 6.42. The molecule has 1 heterocycles. The molecular formula is C7H15NO. The molecule has 0 aromatic heterocycles. The molecule has 0 aliphatic carbocycles. The molecule has 0 spiro atoms. The second kappa shape index (κ2) is 2.67. The maximum Gasteiger partial charge on any atom is 0.0806 e. The van der Waals surface area contributed by atoms with Gasteiger partial charge < -0.3 is 0 Å². The van der Waals surface area contributed by atoms with Gasteiger partial charge in [0.05, 0.1) is 6.10 Å². The Morgan fingerprint density at radius 3 is 2.56 bits per heavy atom. The van der Waals surface area contributed by atoms with Crippen LogP contribution in [0.25, 0.3) is 0 Å². The highest BCUT2D eigenvalue weighted by molar-refractivity contribution is 4.70. The Kier molecular flexibility index (Phi) is 2.09. The number of nitrogens with zero attached hydrogens (tertiary/aromatic N) is 1. The topological polar surface area (TPSA) is 12.5 Å². The first-order valence-electron chi connectivity index (χ1n) is 3.62. The minimum atomic E-state index is 0.431. The maximum atomic E-state index is 5.40. The highest BCUT2D eigenvalue weighted by atomic mass is 16.7. The predicted octanol–water partition coefficient (Wildman–Crippen LogP) is 1.28. The Bertz CT molecular complexity index is 94.9. The van der Waals surface area contributed by atoms with E-state index in [4.69, 9.17) is 4.84 Å². The van der Waals surface area contributed by atoms with Crippen LogP contribution >= 0.6 is 0 Å². The van der Waals surface area contributed by atoms with Gasteiger partial charge in [0, 0.05) is 19.5 Å². The van der Waals surface area contributed by atoms with Gasteiger partial charge in [-0.05, 0) is 13.3 Å². The molecule has 1 rings (SSSR count). The van der Waals surface area contributed by atoms with Crippen molar-refractivity contribution in [3.63, 3.8) is 0 Å². The monoisotopic (exact) mass is 129 g/mol. The quantitative estimate of drug-likeness (QED) is 0.528. The van der Waals surface area contributed by atoms with Crippen molar-refractivity contribution < 1.29 is 4.84 Å². The van der Waals surface area contributed by atoms with Crippen molar-refractivity contribution in [1.82, 2.24) is 5.06 Å². The van der Waals surface area contributed by atoms with E-state index in [9.17, 15) is 0 Å². The van der Waals surface area contributed by atoms with E-state index >= 15 is 0 Å². The SMILES string of the molecule is CC[C@H]1CN(C)O[C@@H]1C. The molecule has 0 amide bonds. The Morgan fingerprint density at radius 2 is 2.33 bits per heavy atom. The minimum absolute atomic E-state index is 0.431. The molecule has 0 aromatic carbocycles. The first-order chi connectivity index (χ1) is 4.24.